The second-order valence-electron chi connectivity index (χ2n) is 21.4. The van der Waals surface area contributed by atoms with E-state index in [1.807, 2.05) is 11.9 Å². The van der Waals surface area contributed by atoms with E-state index in [1.54, 1.807) is 0 Å². The van der Waals surface area contributed by atoms with E-state index in [0.29, 0.717) is 49.7 Å². The van der Waals surface area contributed by atoms with Crippen LogP contribution in [0.3, 0.4) is 0 Å². The third-order valence-electron chi connectivity index (χ3n) is 10.7. The van der Waals surface area contributed by atoms with E-state index in [4.69, 9.17) is 0 Å². The summed E-state index contributed by atoms with van der Waals surface area (Å²) >= 11 is 0. The topological polar surface area (TPSA) is 79.4 Å². The predicted octanol–water partition coefficient (Wildman–Crippen LogP) is 8.02. The van der Waals surface area contributed by atoms with Crippen molar-refractivity contribution in [3.05, 3.63) is 0 Å². The molecule has 1 aliphatic carbocycles. The summed E-state index contributed by atoms with van der Waals surface area (Å²) in [6, 6.07) is 1.84. The molecule has 3 aliphatic heterocycles. The van der Waals surface area contributed by atoms with E-state index in [-0.39, 0.29) is 67.0 Å². The minimum Gasteiger partial charge on any atom is -0.353 e. The van der Waals surface area contributed by atoms with Gasteiger partial charge >= 0.3 is 0 Å². The molecule has 4 rings (SSSR count). The van der Waals surface area contributed by atoms with Crippen LogP contribution in [0.2, 0.25) is 0 Å². The highest BCUT2D eigenvalue weighted by atomic mass is 16.2. The fraction of sp³-hybridized carbons (Fsp3) is 0.930. The van der Waals surface area contributed by atoms with Gasteiger partial charge in [0.2, 0.25) is 17.7 Å². The van der Waals surface area contributed by atoms with Gasteiger partial charge in [0.15, 0.2) is 0 Å². The van der Waals surface area contributed by atoms with Crippen LogP contribution in [0.1, 0.15) is 160 Å². The van der Waals surface area contributed by atoms with Gasteiger partial charge in [-0.3, -0.25) is 29.1 Å². The number of hydrogen-bond donors (Lipinski definition) is 1. The van der Waals surface area contributed by atoms with Crippen molar-refractivity contribution >= 4 is 17.7 Å². The molecule has 0 aromatic carbocycles. The molecule has 9 nitrogen and oxygen atoms in total. The molecule has 3 heterocycles. The Morgan fingerprint density at radius 3 is 1.19 bits per heavy atom. The second kappa shape index (κ2) is 18.3. The van der Waals surface area contributed by atoms with Gasteiger partial charge in [0.1, 0.15) is 0 Å². The Bertz CT molecular complexity index is 1140. The molecule has 3 unspecified atom stereocenters. The summed E-state index contributed by atoms with van der Waals surface area (Å²) in [5.41, 5.74) is 0.762. The van der Waals surface area contributed by atoms with Gasteiger partial charge in [-0.25, -0.2) is 0 Å². The largest absolute Gasteiger partial charge is 0.353 e. The lowest BCUT2D eigenvalue weighted by atomic mass is 9.81. The smallest absolute Gasteiger partial charge is 0.237 e. The van der Waals surface area contributed by atoms with Crippen molar-refractivity contribution in [2.45, 2.75) is 201 Å². The zero-order valence-electron chi connectivity index (χ0n) is 35.4. The Morgan fingerprint density at radius 1 is 0.500 bits per heavy atom. The minimum absolute atomic E-state index is 0. The molecule has 3 atom stereocenters. The molecular weight excluding hydrogens is 649 g/mol. The maximum atomic E-state index is 12.3. The maximum absolute atomic E-state index is 12.3. The zero-order chi connectivity index (χ0) is 38.3. The van der Waals surface area contributed by atoms with Crippen molar-refractivity contribution in [2.24, 2.45) is 16.2 Å². The van der Waals surface area contributed by atoms with E-state index in [0.717, 1.165) is 19.6 Å². The van der Waals surface area contributed by atoms with Gasteiger partial charge in [0, 0.05) is 67.5 Å². The van der Waals surface area contributed by atoms with Crippen LogP contribution in [0, 0.1) is 16.2 Å². The molecule has 0 aromatic heterocycles. The summed E-state index contributed by atoms with van der Waals surface area (Å²) in [5.74, 6) is 0.703. The molecule has 9 heteroatoms. The number of carbonyl (C=O) groups excluding carboxylic acids is 3. The second-order valence-corrected chi connectivity index (χ2v) is 21.4. The van der Waals surface area contributed by atoms with Gasteiger partial charge in [-0.2, -0.15) is 0 Å². The van der Waals surface area contributed by atoms with E-state index in [9.17, 15) is 14.4 Å². The number of amides is 3. The summed E-state index contributed by atoms with van der Waals surface area (Å²) in [7, 11) is 1.90. The van der Waals surface area contributed by atoms with E-state index in [1.165, 1.54) is 12.8 Å². The van der Waals surface area contributed by atoms with Gasteiger partial charge in [-0.15, -0.1) is 0 Å². The van der Waals surface area contributed by atoms with E-state index in [2.05, 4.69) is 150 Å². The monoisotopic (exact) mass is 739 g/mol. The average molecular weight is 739 g/mol. The molecule has 3 saturated heterocycles. The van der Waals surface area contributed by atoms with Crippen LogP contribution >= 0.6 is 0 Å². The average Bonchev–Trinajstić information content (AvgIpc) is 3.72. The number of nitrogens with zero attached hydrogens (tertiary/aromatic N) is 5. The Hall–Kier alpha value is -1.71. The number of carbonyl (C=O) groups is 3. The first kappa shape index (κ1) is 52.4. The van der Waals surface area contributed by atoms with Gasteiger partial charge in [-0.05, 0) is 91.4 Å². The summed E-state index contributed by atoms with van der Waals surface area (Å²) in [4.78, 5) is 46.6. The molecule has 0 aromatic rings. The molecule has 0 spiro atoms. The van der Waals surface area contributed by atoms with Crippen LogP contribution in [0.25, 0.3) is 0 Å². The molecule has 0 bridgehead atoms. The first-order valence-corrected chi connectivity index (χ1v) is 18.9. The van der Waals surface area contributed by atoms with Crippen molar-refractivity contribution < 1.29 is 14.4 Å². The molecular formula is C43H90N6O3. The summed E-state index contributed by atoms with van der Waals surface area (Å²) in [5, 5.41) is 2.96. The third kappa shape index (κ3) is 14.5. The van der Waals surface area contributed by atoms with Gasteiger partial charge < -0.3 is 15.1 Å². The van der Waals surface area contributed by atoms with Crippen LogP contribution < -0.4 is 5.32 Å². The van der Waals surface area contributed by atoms with Crippen LogP contribution in [0.4, 0.5) is 0 Å². The zero-order valence-corrected chi connectivity index (χ0v) is 35.4. The molecule has 310 valence electrons. The lowest BCUT2D eigenvalue weighted by Gasteiger charge is -2.52. The number of hydrogen-bond acceptors (Lipinski definition) is 6. The molecule has 0 radical (unpaired) electrons. The van der Waals surface area contributed by atoms with Crippen molar-refractivity contribution in [3.63, 3.8) is 0 Å². The van der Waals surface area contributed by atoms with Crippen molar-refractivity contribution in [2.75, 3.05) is 46.3 Å². The van der Waals surface area contributed by atoms with Crippen LogP contribution in [0.15, 0.2) is 0 Å². The van der Waals surface area contributed by atoms with Crippen molar-refractivity contribution in [1.29, 1.82) is 0 Å². The molecule has 4 fully saturated rings. The fourth-order valence-electron chi connectivity index (χ4n) is 7.32. The minimum atomic E-state index is 0. The quantitative estimate of drug-likeness (QED) is 0.294. The highest BCUT2D eigenvalue weighted by Crippen LogP contribution is 2.37. The molecule has 1 saturated carbocycles. The van der Waals surface area contributed by atoms with Crippen LogP contribution in [-0.4, -0.2) is 129 Å². The van der Waals surface area contributed by atoms with Gasteiger partial charge in [0.05, 0.1) is 19.6 Å². The highest BCUT2D eigenvalue weighted by molar-refractivity contribution is 5.80. The predicted molar refractivity (Wildman–Crippen MR) is 225 cm³/mol. The number of rotatable bonds is 1. The Balaban J connectivity index is 0. The standard InChI is InChI=1S/C15H28N2O.C13H26N2O.C12H24N2O.3CH4/c1-14(2,3)12-9-16(11-7-8-11)13(18)10-17(12)15(4,5)6;1-12(2,3)10-8-14(7)11(16)9-15(10)13(4,5)6;1-11(2,3)9-7-13-10(15)8-14(9)12(4,5)6;;;/h11-12H,7-10H2,1-6H3;10H,8-9H2,1-7H3;9H,7-8H2,1-6H3,(H,13,15);3*1H4. The summed E-state index contributed by atoms with van der Waals surface area (Å²) in [6.45, 7) is 44.2. The summed E-state index contributed by atoms with van der Waals surface area (Å²) < 4.78 is 0. The number of piperazine rings is 3. The summed E-state index contributed by atoms with van der Waals surface area (Å²) in [6.07, 6.45) is 2.41. The number of nitrogens with one attached hydrogen (secondary N) is 1. The Morgan fingerprint density at radius 2 is 0.846 bits per heavy atom. The number of likely N-dealkylation sites (N-methyl/N-ethyl adjacent to an activating group) is 1. The van der Waals surface area contributed by atoms with Crippen molar-refractivity contribution in [1.82, 2.24) is 29.8 Å². The lowest BCUT2D eigenvalue weighted by molar-refractivity contribution is -0.146. The Labute approximate surface area is 324 Å². The van der Waals surface area contributed by atoms with Crippen molar-refractivity contribution in [3.8, 4) is 0 Å². The Kier molecular flexibility index (Phi) is 18.4. The van der Waals surface area contributed by atoms with Crippen LogP contribution in [-0.2, 0) is 14.4 Å². The third-order valence-corrected chi connectivity index (χ3v) is 10.7. The van der Waals surface area contributed by atoms with Crippen LogP contribution in [0.5, 0.6) is 0 Å². The molecule has 52 heavy (non-hydrogen) atoms. The molecule has 3 amide bonds. The van der Waals surface area contributed by atoms with E-state index >= 15 is 0 Å². The maximum Gasteiger partial charge on any atom is 0.237 e. The van der Waals surface area contributed by atoms with E-state index < -0.39 is 0 Å². The van der Waals surface area contributed by atoms with Gasteiger partial charge in [-0.1, -0.05) is 84.6 Å². The lowest BCUT2D eigenvalue weighted by Crippen LogP contribution is -2.65. The fourth-order valence-corrected chi connectivity index (χ4v) is 7.32. The molecule has 4 aliphatic rings. The first-order valence-electron chi connectivity index (χ1n) is 18.9. The molecule has 1 N–H and O–H groups in total. The highest BCUT2D eigenvalue weighted by Gasteiger charge is 2.47. The van der Waals surface area contributed by atoms with Gasteiger partial charge in [0.25, 0.3) is 0 Å². The first-order chi connectivity index (χ1) is 21.8. The SMILES string of the molecule is C.C.C.CC(C)(C)C1CN(C2CC2)C(=O)CN1C(C)(C)C.CC(C)(C)C1CNC(=O)CN1C(C)(C)C.CN1CC(C(C)(C)C)N(C(C)(C)C)CC1=O. The normalized spacial score (nSPS) is 24.6.